The van der Waals surface area contributed by atoms with Gasteiger partial charge < -0.3 is 4.74 Å². The van der Waals surface area contributed by atoms with E-state index in [0.29, 0.717) is 12.2 Å². The van der Waals surface area contributed by atoms with E-state index in [1.165, 1.54) is 0 Å². The highest BCUT2D eigenvalue weighted by Crippen LogP contribution is 2.22. The molecule has 0 saturated heterocycles. The summed E-state index contributed by atoms with van der Waals surface area (Å²) in [6.07, 6.45) is 0.184. The maximum Gasteiger partial charge on any atom is 0.310 e. The van der Waals surface area contributed by atoms with Crippen molar-refractivity contribution in [3.63, 3.8) is 0 Å². The van der Waals surface area contributed by atoms with Crippen molar-refractivity contribution in [1.29, 1.82) is 5.26 Å². The van der Waals surface area contributed by atoms with Crippen LogP contribution in [-0.4, -0.2) is 12.6 Å². The molecule has 0 unspecified atom stereocenters. The van der Waals surface area contributed by atoms with Gasteiger partial charge in [0.25, 0.3) is 0 Å². The summed E-state index contributed by atoms with van der Waals surface area (Å²) in [6.45, 7) is 3.99. The lowest BCUT2D eigenvalue weighted by atomic mass is 10.0. The van der Waals surface area contributed by atoms with E-state index in [0.717, 1.165) is 15.6 Å². The van der Waals surface area contributed by atoms with Crippen LogP contribution < -0.4 is 0 Å². The second-order valence-corrected chi connectivity index (χ2v) is 4.21. The largest absolute Gasteiger partial charge is 0.466 e. The van der Waals surface area contributed by atoms with Crippen LogP contribution in [0.1, 0.15) is 23.6 Å². The van der Waals surface area contributed by atoms with Gasteiger partial charge in [0.2, 0.25) is 0 Å². The Kier molecular flexibility index (Phi) is 4.51. The molecule has 1 rings (SSSR count). The number of ether oxygens (including phenoxy) is 1. The molecule has 0 aliphatic rings. The maximum absolute atomic E-state index is 11.3. The third-order valence-electron chi connectivity index (χ3n) is 2.15. The van der Waals surface area contributed by atoms with Gasteiger partial charge in [-0.3, -0.25) is 4.79 Å². The molecule has 0 bridgehead atoms. The predicted octanol–water partition coefficient (Wildman–Crippen LogP) is 2.73. The number of nitriles is 1. The van der Waals surface area contributed by atoms with Crippen LogP contribution in [-0.2, 0) is 16.0 Å². The SMILES string of the molecule is CCOC(=O)Cc1cc(C#N)c(C)cc1Br. The second kappa shape index (κ2) is 5.66. The van der Waals surface area contributed by atoms with Gasteiger partial charge >= 0.3 is 5.97 Å². The Balaban J connectivity index is 2.97. The summed E-state index contributed by atoms with van der Waals surface area (Å²) in [4.78, 5) is 11.3. The minimum Gasteiger partial charge on any atom is -0.466 e. The van der Waals surface area contributed by atoms with Crippen molar-refractivity contribution in [3.05, 3.63) is 33.3 Å². The number of nitrogens with zero attached hydrogens (tertiary/aromatic N) is 1. The molecule has 0 amide bonds. The average Bonchev–Trinajstić information content (AvgIpc) is 2.22. The lowest BCUT2D eigenvalue weighted by Gasteiger charge is -2.07. The van der Waals surface area contributed by atoms with Crippen LogP contribution >= 0.6 is 15.9 Å². The van der Waals surface area contributed by atoms with Crippen LogP contribution in [0.25, 0.3) is 0 Å². The van der Waals surface area contributed by atoms with Gasteiger partial charge in [-0.25, -0.2) is 0 Å². The lowest BCUT2D eigenvalue weighted by Crippen LogP contribution is -2.08. The Labute approximate surface area is 103 Å². The topological polar surface area (TPSA) is 50.1 Å². The summed E-state index contributed by atoms with van der Waals surface area (Å²) < 4.78 is 5.69. The third-order valence-corrected chi connectivity index (χ3v) is 2.89. The van der Waals surface area contributed by atoms with Crippen LogP contribution in [0.5, 0.6) is 0 Å². The summed E-state index contributed by atoms with van der Waals surface area (Å²) in [5.74, 6) is -0.282. The predicted molar refractivity (Wildman–Crippen MR) is 63.9 cm³/mol. The van der Waals surface area contributed by atoms with Gasteiger partial charge in [-0.05, 0) is 37.1 Å². The number of benzene rings is 1. The summed E-state index contributed by atoms with van der Waals surface area (Å²) in [5.41, 5.74) is 2.25. The molecule has 0 aliphatic carbocycles. The summed E-state index contributed by atoms with van der Waals surface area (Å²) >= 11 is 3.37. The zero-order chi connectivity index (χ0) is 12.1. The number of aryl methyl sites for hydroxylation is 1. The van der Waals surface area contributed by atoms with Crippen molar-refractivity contribution in [3.8, 4) is 6.07 Å². The first-order valence-electron chi connectivity index (χ1n) is 4.93. The molecule has 0 spiro atoms. The summed E-state index contributed by atoms with van der Waals surface area (Å²) in [6, 6.07) is 5.65. The van der Waals surface area contributed by atoms with E-state index in [1.807, 2.05) is 13.0 Å². The molecule has 1 aromatic rings. The Bertz CT molecular complexity index is 449. The smallest absolute Gasteiger partial charge is 0.310 e. The highest BCUT2D eigenvalue weighted by Gasteiger charge is 2.10. The molecule has 0 N–H and O–H groups in total. The first-order chi connectivity index (χ1) is 7.58. The fourth-order valence-electron chi connectivity index (χ4n) is 1.34. The van der Waals surface area contributed by atoms with Crippen molar-refractivity contribution >= 4 is 21.9 Å². The number of hydrogen-bond donors (Lipinski definition) is 0. The maximum atomic E-state index is 11.3. The van der Waals surface area contributed by atoms with Crippen molar-refractivity contribution in [2.75, 3.05) is 6.61 Å². The number of halogens is 1. The fourth-order valence-corrected chi connectivity index (χ4v) is 1.94. The van der Waals surface area contributed by atoms with Gasteiger partial charge in [-0.1, -0.05) is 15.9 Å². The number of hydrogen-bond acceptors (Lipinski definition) is 3. The second-order valence-electron chi connectivity index (χ2n) is 3.35. The zero-order valence-corrected chi connectivity index (χ0v) is 10.8. The van der Waals surface area contributed by atoms with Crippen molar-refractivity contribution in [2.45, 2.75) is 20.3 Å². The molecule has 16 heavy (non-hydrogen) atoms. The van der Waals surface area contributed by atoms with E-state index in [2.05, 4.69) is 22.0 Å². The molecular weight excluding hydrogens is 270 g/mol. The quantitative estimate of drug-likeness (QED) is 0.801. The standard InChI is InChI=1S/C12H12BrNO2/c1-3-16-12(15)6-9-5-10(7-14)8(2)4-11(9)13/h4-5H,3,6H2,1-2H3. The Hall–Kier alpha value is -1.34. The van der Waals surface area contributed by atoms with Crippen LogP contribution in [0, 0.1) is 18.3 Å². The molecule has 0 atom stereocenters. The fraction of sp³-hybridized carbons (Fsp3) is 0.333. The van der Waals surface area contributed by atoms with E-state index in [9.17, 15) is 4.79 Å². The first-order valence-corrected chi connectivity index (χ1v) is 5.72. The van der Waals surface area contributed by atoms with E-state index >= 15 is 0 Å². The molecule has 0 aromatic heterocycles. The van der Waals surface area contributed by atoms with Crippen LogP contribution in [0.2, 0.25) is 0 Å². The molecule has 0 aliphatic heterocycles. The van der Waals surface area contributed by atoms with Crippen molar-refractivity contribution in [1.82, 2.24) is 0 Å². The van der Waals surface area contributed by atoms with Gasteiger partial charge in [0, 0.05) is 4.47 Å². The van der Waals surface area contributed by atoms with E-state index in [-0.39, 0.29) is 12.4 Å². The van der Waals surface area contributed by atoms with Crippen LogP contribution in [0.4, 0.5) is 0 Å². The Morgan fingerprint density at radius 2 is 2.25 bits per heavy atom. The molecule has 1 aromatic carbocycles. The Morgan fingerprint density at radius 3 is 2.81 bits per heavy atom. The minimum atomic E-state index is -0.282. The van der Waals surface area contributed by atoms with E-state index < -0.39 is 0 Å². The molecular formula is C12H12BrNO2. The molecule has 0 saturated carbocycles. The average molecular weight is 282 g/mol. The monoisotopic (exact) mass is 281 g/mol. The number of carbonyl (C=O) groups excluding carboxylic acids is 1. The van der Waals surface area contributed by atoms with Gasteiger partial charge in [-0.15, -0.1) is 0 Å². The lowest BCUT2D eigenvalue weighted by molar-refractivity contribution is -0.142. The van der Waals surface area contributed by atoms with Gasteiger partial charge in [-0.2, -0.15) is 5.26 Å². The highest BCUT2D eigenvalue weighted by atomic mass is 79.9. The first kappa shape index (κ1) is 12.7. The van der Waals surface area contributed by atoms with E-state index in [1.54, 1.807) is 13.0 Å². The molecule has 0 heterocycles. The normalized spacial score (nSPS) is 9.62. The van der Waals surface area contributed by atoms with Crippen molar-refractivity contribution < 1.29 is 9.53 Å². The number of esters is 1. The van der Waals surface area contributed by atoms with Gasteiger partial charge in [0.05, 0.1) is 24.7 Å². The third kappa shape index (κ3) is 3.07. The van der Waals surface area contributed by atoms with E-state index in [4.69, 9.17) is 10.00 Å². The van der Waals surface area contributed by atoms with Crippen LogP contribution in [0.3, 0.4) is 0 Å². The minimum absolute atomic E-state index is 0.184. The van der Waals surface area contributed by atoms with Gasteiger partial charge in [0.1, 0.15) is 0 Å². The highest BCUT2D eigenvalue weighted by molar-refractivity contribution is 9.10. The van der Waals surface area contributed by atoms with Crippen LogP contribution in [0.15, 0.2) is 16.6 Å². The number of rotatable bonds is 3. The summed E-state index contributed by atoms with van der Waals surface area (Å²) in [5, 5.41) is 8.89. The summed E-state index contributed by atoms with van der Waals surface area (Å²) in [7, 11) is 0. The zero-order valence-electron chi connectivity index (χ0n) is 9.21. The molecule has 84 valence electrons. The molecule has 3 nitrogen and oxygen atoms in total. The number of carbonyl (C=O) groups is 1. The molecule has 0 fully saturated rings. The van der Waals surface area contributed by atoms with Crippen molar-refractivity contribution in [2.24, 2.45) is 0 Å². The van der Waals surface area contributed by atoms with Gasteiger partial charge in [0.15, 0.2) is 0 Å². The molecule has 0 radical (unpaired) electrons. The molecule has 4 heteroatoms. The Morgan fingerprint density at radius 1 is 1.56 bits per heavy atom.